The molecule has 150 valence electrons. The zero-order valence-corrected chi connectivity index (χ0v) is 17.7. The highest BCUT2D eigenvalue weighted by atomic mass is 28.4. The summed E-state index contributed by atoms with van der Waals surface area (Å²) in [5.41, 5.74) is 0.612. The summed E-state index contributed by atoms with van der Waals surface area (Å²) < 4.78 is 24.3. The molecule has 5 atom stereocenters. The third-order valence-corrected chi connectivity index (χ3v) is 10.4. The highest BCUT2D eigenvalue weighted by Crippen LogP contribution is 2.41. The highest BCUT2D eigenvalue weighted by molar-refractivity contribution is 6.74. The molecule has 1 aromatic rings. The van der Waals surface area contributed by atoms with Crippen LogP contribution in [0.1, 0.15) is 32.4 Å². The molecular weight excluding hydrogens is 364 g/mol. The van der Waals surface area contributed by atoms with Crippen LogP contribution in [0.2, 0.25) is 18.1 Å². The van der Waals surface area contributed by atoms with Crippen LogP contribution in [0, 0.1) is 0 Å². The largest absolute Gasteiger partial charge is 0.479 e. The van der Waals surface area contributed by atoms with E-state index in [9.17, 15) is 9.90 Å². The molecule has 0 aromatic heterocycles. The van der Waals surface area contributed by atoms with Crippen molar-refractivity contribution in [2.24, 2.45) is 0 Å². The predicted octanol–water partition coefficient (Wildman–Crippen LogP) is 3.39. The van der Waals surface area contributed by atoms with Gasteiger partial charge < -0.3 is 23.7 Å². The first-order chi connectivity index (χ1) is 12.6. The summed E-state index contributed by atoms with van der Waals surface area (Å²) >= 11 is 0. The smallest absolute Gasteiger partial charge is 0.337 e. The maximum Gasteiger partial charge on any atom is 0.337 e. The maximum absolute atomic E-state index is 11.7. The minimum atomic E-state index is -1.95. The Morgan fingerprint density at radius 2 is 1.67 bits per heavy atom. The molecule has 2 saturated heterocycles. The highest BCUT2D eigenvalue weighted by Gasteiger charge is 2.52. The molecule has 6 nitrogen and oxygen atoms in total. The first kappa shape index (κ1) is 20.5. The number of hydrogen-bond acceptors (Lipinski definition) is 5. The lowest BCUT2D eigenvalue weighted by molar-refractivity contribution is -0.159. The number of aliphatic carboxylic acids is 1. The number of benzene rings is 1. The molecule has 2 heterocycles. The Morgan fingerprint density at radius 3 is 2.22 bits per heavy atom. The Morgan fingerprint density at radius 1 is 1.11 bits per heavy atom. The summed E-state index contributed by atoms with van der Waals surface area (Å²) in [5, 5.41) is 9.69. The van der Waals surface area contributed by atoms with E-state index in [0.29, 0.717) is 18.8 Å². The molecule has 3 rings (SSSR count). The molecule has 3 unspecified atom stereocenters. The Balaban J connectivity index is 1.67. The van der Waals surface area contributed by atoms with Crippen molar-refractivity contribution in [3.05, 3.63) is 35.9 Å². The molecule has 0 bridgehead atoms. The lowest BCUT2D eigenvalue weighted by Crippen LogP contribution is -2.47. The fraction of sp³-hybridized carbons (Fsp3) is 0.650. The summed E-state index contributed by atoms with van der Waals surface area (Å²) in [7, 11) is -1.95. The second-order valence-corrected chi connectivity index (χ2v) is 13.6. The van der Waals surface area contributed by atoms with Gasteiger partial charge in [-0.05, 0) is 23.7 Å². The van der Waals surface area contributed by atoms with Gasteiger partial charge in [-0.2, -0.15) is 0 Å². The SMILES string of the molecule is CC(C)(C)[Si](C)(C)O[C@H]1COC2C1OC[C@@H]2OC(C(=O)O)c1ccccc1. The van der Waals surface area contributed by atoms with Crippen LogP contribution in [0.25, 0.3) is 0 Å². The first-order valence-corrected chi connectivity index (χ1v) is 12.4. The van der Waals surface area contributed by atoms with Crippen LogP contribution in [-0.4, -0.2) is 57.0 Å². The minimum absolute atomic E-state index is 0.0985. The van der Waals surface area contributed by atoms with Crippen molar-refractivity contribution in [2.75, 3.05) is 13.2 Å². The lowest BCUT2D eigenvalue weighted by Gasteiger charge is -2.39. The van der Waals surface area contributed by atoms with E-state index in [0.717, 1.165) is 0 Å². The van der Waals surface area contributed by atoms with Gasteiger partial charge in [-0.1, -0.05) is 51.1 Å². The van der Waals surface area contributed by atoms with Crippen molar-refractivity contribution >= 4 is 14.3 Å². The van der Waals surface area contributed by atoms with Gasteiger partial charge in [0.05, 0.1) is 19.3 Å². The van der Waals surface area contributed by atoms with Crippen LogP contribution in [0.15, 0.2) is 30.3 Å². The molecule has 27 heavy (non-hydrogen) atoms. The van der Waals surface area contributed by atoms with E-state index in [2.05, 4.69) is 33.9 Å². The topological polar surface area (TPSA) is 74.2 Å². The Labute approximate surface area is 161 Å². The van der Waals surface area contributed by atoms with Gasteiger partial charge in [0.25, 0.3) is 0 Å². The number of fused-ring (bicyclic) bond motifs is 1. The van der Waals surface area contributed by atoms with Crippen molar-refractivity contribution in [2.45, 2.75) is 69.4 Å². The molecular formula is C20H30O6Si. The van der Waals surface area contributed by atoms with Gasteiger partial charge in [0, 0.05) is 0 Å². The molecule has 2 aliphatic heterocycles. The van der Waals surface area contributed by atoms with E-state index in [1.54, 1.807) is 24.3 Å². The third kappa shape index (κ3) is 4.27. The summed E-state index contributed by atoms with van der Waals surface area (Å²) in [6.45, 7) is 11.8. The fourth-order valence-electron chi connectivity index (χ4n) is 3.28. The van der Waals surface area contributed by atoms with Crippen molar-refractivity contribution in [1.29, 1.82) is 0 Å². The van der Waals surface area contributed by atoms with E-state index in [1.807, 2.05) is 6.07 Å². The van der Waals surface area contributed by atoms with E-state index < -0.39 is 26.5 Å². The van der Waals surface area contributed by atoms with Crippen LogP contribution in [0.4, 0.5) is 0 Å². The molecule has 7 heteroatoms. The molecule has 0 aliphatic carbocycles. The van der Waals surface area contributed by atoms with Crippen molar-refractivity contribution in [3.8, 4) is 0 Å². The van der Waals surface area contributed by atoms with E-state index in [4.69, 9.17) is 18.6 Å². The zero-order chi connectivity index (χ0) is 19.8. The molecule has 0 amide bonds. The average molecular weight is 395 g/mol. The van der Waals surface area contributed by atoms with E-state index in [-0.39, 0.29) is 23.4 Å². The van der Waals surface area contributed by atoms with Gasteiger partial charge >= 0.3 is 5.97 Å². The Hall–Kier alpha value is -1.25. The second kappa shape index (κ2) is 7.64. The van der Waals surface area contributed by atoms with Crippen LogP contribution in [0.5, 0.6) is 0 Å². The third-order valence-electron chi connectivity index (χ3n) is 5.85. The number of rotatable bonds is 6. The van der Waals surface area contributed by atoms with Gasteiger partial charge in [0.2, 0.25) is 0 Å². The van der Waals surface area contributed by atoms with Crippen molar-refractivity contribution in [3.63, 3.8) is 0 Å². The van der Waals surface area contributed by atoms with Crippen LogP contribution < -0.4 is 0 Å². The minimum Gasteiger partial charge on any atom is -0.479 e. The van der Waals surface area contributed by atoms with E-state index >= 15 is 0 Å². The Kier molecular flexibility index (Phi) is 5.79. The van der Waals surface area contributed by atoms with E-state index in [1.165, 1.54) is 0 Å². The number of hydrogen-bond donors (Lipinski definition) is 1. The van der Waals surface area contributed by atoms with Gasteiger partial charge in [-0.3, -0.25) is 0 Å². The number of carbonyl (C=O) groups is 1. The molecule has 2 aliphatic rings. The van der Waals surface area contributed by atoms with Crippen LogP contribution in [-0.2, 0) is 23.4 Å². The number of carboxylic acid groups (broad SMARTS) is 1. The molecule has 0 saturated carbocycles. The van der Waals surface area contributed by atoms with Gasteiger partial charge in [-0.15, -0.1) is 0 Å². The molecule has 1 N–H and O–H groups in total. The predicted molar refractivity (Wildman–Crippen MR) is 103 cm³/mol. The maximum atomic E-state index is 11.7. The summed E-state index contributed by atoms with van der Waals surface area (Å²) in [4.78, 5) is 11.7. The normalized spacial score (nSPS) is 29.5. The van der Waals surface area contributed by atoms with Crippen molar-refractivity contribution < 1.29 is 28.5 Å². The average Bonchev–Trinajstić information content (AvgIpc) is 3.15. The van der Waals surface area contributed by atoms with Crippen molar-refractivity contribution in [1.82, 2.24) is 0 Å². The van der Waals surface area contributed by atoms with Gasteiger partial charge in [-0.25, -0.2) is 4.79 Å². The molecule has 1 aromatic carbocycles. The summed E-state index contributed by atoms with van der Waals surface area (Å²) in [6.07, 6.45) is -2.11. The molecule has 0 radical (unpaired) electrons. The summed E-state index contributed by atoms with van der Waals surface area (Å²) in [6, 6.07) is 8.96. The first-order valence-electron chi connectivity index (χ1n) is 9.44. The monoisotopic (exact) mass is 394 g/mol. The lowest BCUT2D eigenvalue weighted by atomic mass is 10.1. The van der Waals surface area contributed by atoms with Crippen LogP contribution >= 0.6 is 0 Å². The molecule has 0 spiro atoms. The molecule has 2 fully saturated rings. The Bertz CT molecular complexity index is 656. The number of ether oxygens (including phenoxy) is 3. The fourth-order valence-corrected chi connectivity index (χ4v) is 4.60. The number of carboxylic acids is 1. The second-order valence-electron chi connectivity index (χ2n) is 8.82. The standard InChI is InChI=1S/C20H30O6Si/c1-20(2,3)27(4,5)26-15-12-24-17-14(11-23-18(15)17)25-16(19(21)22)13-9-7-6-8-10-13/h6-10,14-18H,11-12H2,1-5H3,(H,21,22)/t14-,15-,16?,17?,18?/m0/s1. The summed E-state index contributed by atoms with van der Waals surface area (Å²) in [5.74, 6) is -1.02. The van der Waals surface area contributed by atoms with Crippen LogP contribution in [0.3, 0.4) is 0 Å². The van der Waals surface area contributed by atoms with Gasteiger partial charge in [0.15, 0.2) is 14.4 Å². The van der Waals surface area contributed by atoms with Gasteiger partial charge in [0.1, 0.15) is 18.3 Å². The quantitative estimate of drug-likeness (QED) is 0.746. The zero-order valence-electron chi connectivity index (χ0n) is 16.7.